The first-order chi connectivity index (χ1) is 11.2. The largest absolute Gasteiger partial charge is 0.378 e. The van der Waals surface area contributed by atoms with Gasteiger partial charge in [0.25, 0.3) is 11.8 Å². The van der Waals surface area contributed by atoms with Gasteiger partial charge in [-0.2, -0.15) is 0 Å². The van der Waals surface area contributed by atoms with Crippen molar-refractivity contribution in [3.05, 3.63) is 29.8 Å². The van der Waals surface area contributed by atoms with E-state index in [2.05, 4.69) is 0 Å². The Morgan fingerprint density at radius 2 is 1.83 bits per heavy atom. The Morgan fingerprint density at radius 1 is 1.25 bits per heavy atom. The first-order valence-electron chi connectivity index (χ1n) is 7.30. The van der Waals surface area contributed by atoms with Crippen LogP contribution in [0.25, 0.3) is 0 Å². The van der Waals surface area contributed by atoms with E-state index in [0.717, 1.165) is 0 Å². The Kier molecular flexibility index (Phi) is 5.86. The number of nitrogens with one attached hydrogen (secondary N) is 1. The molecule has 0 aromatic heterocycles. The summed E-state index contributed by atoms with van der Waals surface area (Å²) in [5.41, 5.74) is 5.18. The summed E-state index contributed by atoms with van der Waals surface area (Å²) in [5.74, 6) is -3.55. The normalized spacial score (nSPS) is 16.2. The van der Waals surface area contributed by atoms with E-state index in [4.69, 9.17) is 10.5 Å². The number of benzene rings is 1. The summed E-state index contributed by atoms with van der Waals surface area (Å²) < 4.78 is 57.1. The summed E-state index contributed by atoms with van der Waals surface area (Å²) in [6.45, 7) is -0.193. The van der Waals surface area contributed by atoms with Gasteiger partial charge in [0.1, 0.15) is 0 Å². The van der Waals surface area contributed by atoms with Crippen LogP contribution >= 0.6 is 0 Å². The standard InChI is InChI=1S/C14H19F2N3O4S/c15-14(16,9-17)10-18-24(21,22)12-3-1-11(2-4-12)13(20)19-5-7-23-8-6-19/h1-4,18H,5-10,17H2. The van der Waals surface area contributed by atoms with Gasteiger partial charge in [-0.1, -0.05) is 0 Å². The number of hydrogen-bond donors (Lipinski definition) is 2. The van der Waals surface area contributed by atoms with E-state index >= 15 is 0 Å². The Hall–Kier alpha value is -1.62. The average Bonchev–Trinajstić information content (AvgIpc) is 2.60. The van der Waals surface area contributed by atoms with Crippen LogP contribution in [-0.2, 0) is 14.8 Å². The molecule has 1 aromatic carbocycles. The van der Waals surface area contributed by atoms with Crippen molar-refractivity contribution in [1.29, 1.82) is 0 Å². The van der Waals surface area contributed by atoms with Gasteiger partial charge in [-0.25, -0.2) is 21.9 Å². The smallest absolute Gasteiger partial charge is 0.273 e. The molecule has 0 bridgehead atoms. The summed E-state index contributed by atoms with van der Waals surface area (Å²) in [4.78, 5) is 13.7. The van der Waals surface area contributed by atoms with Gasteiger partial charge in [-0.3, -0.25) is 4.79 Å². The Morgan fingerprint density at radius 3 is 2.38 bits per heavy atom. The second kappa shape index (κ2) is 7.51. The summed E-state index contributed by atoms with van der Waals surface area (Å²) >= 11 is 0. The number of halogens is 2. The highest BCUT2D eigenvalue weighted by Gasteiger charge is 2.29. The van der Waals surface area contributed by atoms with E-state index in [9.17, 15) is 22.0 Å². The van der Waals surface area contributed by atoms with Crippen molar-refractivity contribution in [1.82, 2.24) is 9.62 Å². The second-order valence-corrected chi connectivity index (χ2v) is 7.08. The minimum absolute atomic E-state index is 0.200. The van der Waals surface area contributed by atoms with E-state index in [1.807, 2.05) is 4.72 Å². The van der Waals surface area contributed by atoms with Gasteiger partial charge in [0.15, 0.2) is 0 Å². The highest BCUT2D eigenvalue weighted by molar-refractivity contribution is 7.89. The predicted molar refractivity (Wildman–Crippen MR) is 82.4 cm³/mol. The third kappa shape index (κ3) is 4.69. The molecule has 1 saturated heterocycles. The molecule has 2 rings (SSSR count). The van der Waals surface area contributed by atoms with E-state index < -0.39 is 29.0 Å². The maximum atomic E-state index is 13.1. The van der Waals surface area contributed by atoms with Crippen LogP contribution in [0.4, 0.5) is 8.78 Å². The van der Waals surface area contributed by atoms with Crippen LogP contribution in [0.2, 0.25) is 0 Å². The molecule has 1 aliphatic rings. The van der Waals surface area contributed by atoms with Crippen LogP contribution in [0.1, 0.15) is 10.4 Å². The molecule has 1 aliphatic heterocycles. The summed E-state index contributed by atoms with van der Waals surface area (Å²) in [6.07, 6.45) is 0. The zero-order valence-corrected chi connectivity index (χ0v) is 13.7. The minimum Gasteiger partial charge on any atom is -0.378 e. The second-order valence-electron chi connectivity index (χ2n) is 5.31. The van der Waals surface area contributed by atoms with Gasteiger partial charge in [0.05, 0.1) is 31.2 Å². The number of ether oxygens (including phenoxy) is 1. The SMILES string of the molecule is NCC(F)(F)CNS(=O)(=O)c1ccc(C(=O)N2CCOCC2)cc1. The molecule has 1 heterocycles. The molecule has 1 amide bonds. The quantitative estimate of drug-likeness (QED) is 0.743. The van der Waals surface area contributed by atoms with E-state index in [1.165, 1.54) is 24.3 Å². The van der Waals surface area contributed by atoms with Gasteiger partial charge in [0, 0.05) is 18.7 Å². The fraction of sp³-hybridized carbons (Fsp3) is 0.500. The number of rotatable bonds is 6. The summed E-state index contributed by atoms with van der Waals surface area (Å²) in [7, 11) is -4.10. The van der Waals surface area contributed by atoms with Crippen LogP contribution in [0, 0.1) is 0 Å². The molecular weight excluding hydrogens is 344 g/mol. The number of carbonyl (C=O) groups excluding carboxylic acids is 1. The molecule has 0 aliphatic carbocycles. The molecule has 24 heavy (non-hydrogen) atoms. The Balaban J connectivity index is 2.06. The Labute approximate surface area is 138 Å². The van der Waals surface area contributed by atoms with Crippen molar-refractivity contribution >= 4 is 15.9 Å². The molecular formula is C14H19F2N3O4S. The van der Waals surface area contributed by atoms with Crippen LogP contribution < -0.4 is 10.5 Å². The van der Waals surface area contributed by atoms with Crippen molar-refractivity contribution in [3.63, 3.8) is 0 Å². The fourth-order valence-corrected chi connectivity index (χ4v) is 3.14. The summed E-state index contributed by atoms with van der Waals surface area (Å²) in [5, 5.41) is 0. The van der Waals surface area contributed by atoms with Gasteiger partial charge < -0.3 is 15.4 Å². The molecule has 10 heteroatoms. The molecule has 0 atom stereocenters. The number of amides is 1. The van der Waals surface area contributed by atoms with Crippen LogP contribution in [0.5, 0.6) is 0 Å². The maximum Gasteiger partial charge on any atom is 0.273 e. The molecule has 0 radical (unpaired) electrons. The monoisotopic (exact) mass is 363 g/mol. The van der Waals surface area contributed by atoms with Crippen molar-refractivity contribution in [2.45, 2.75) is 10.8 Å². The van der Waals surface area contributed by atoms with E-state index in [1.54, 1.807) is 4.90 Å². The lowest BCUT2D eigenvalue weighted by Crippen LogP contribution is -2.41. The molecule has 1 aromatic rings. The Bertz CT molecular complexity index is 674. The first-order valence-corrected chi connectivity index (χ1v) is 8.78. The van der Waals surface area contributed by atoms with Gasteiger partial charge >= 0.3 is 0 Å². The van der Waals surface area contributed by atoms with Gasteiger partial charge in [-0.05, 0) is 24.3 Å². The molecule has 3 N–H and O–H groups in total. The van der Waals surface area contributed by atoms with Crippen molar-refractivity contribution in [3.8, 4) is 0 Å². The lowest BCUT2D eigenvalue weighted by atomic mass is 10.2. The minimum atomic E-state index is -4.10. The topological polar surface area (TPSA) is 102 Å². The lowest BCUT2D eigenvalue weighted by molar-refractivity contribution is 0.0170. The van der Waals surface area contributed by atoms with Crippen molar-refractivity contribution in [2.24, 2.45) is 5.73 Å². The lowest BCUT2D eigenvalue weighted by Gasteiger charge is -2.26. The molecule has 0 unspecified atom stereocenters. The maximum absolute atomic E-state index is 13.1. The van der Waals surface area contributed by atoms with E-state index in [0.29, 0.717) is 31.9 Å². The fourth-order valence-electron chi connectivity index (χ4n) is 2.08. The van der Waals surface area contributed by atoms with Crippen molar-refractivity contribution < 1.29 is 26.7 Å². The molecule has 7 nitrogen and oxygen atoms in total. The van der Waals surface area contributed by atoms with Crippen LogP contribution in [0.3, 0.4) is 0 Å². The number of hydrogen-bond acceptors (Lipinski definition) is 5. The number of alkyl halides is 2. The number of nitrogens with zero attached hydrogens (tertiary/aromatic N) is 1. The van der Waals surface area contributed by atoms with Gasteiger partial charge in [-0.15, -0.1) is 0 Å². The third-order valence-electron chi connectivity index (χ3n) is 3.53. The highest BCUT2D eigenvalue weighted by Crippen LogP contribution is 2.15. The highest BCUT2D eigenvalue weighted by atomic mass is 32.2. The van der Waals surface area contributed by atoms with Gasteiger partial charge in [0.2, 0.25) is 10.0 Å². The van der Waals surface area contributed by atoms with Crippen LogP contribution in [-0.4, -0.2) is 64.5 Å². The number of morpholine rings is 1. The van der Waals surface area contributed by atoms with Crippen LogP contribution in [0.15, 0.2) is 29.2 Å². The molecule has 134 valence electrons. The number of nitrogens with two attached hydrogens (primary N) is 1. The summed E-state index contributed by atoms with van der Waals surface area (Å²) in [6, 6.07) is 5.12. The van der Waals surface area contributed by atoms with E-state index in [-0.39, 0.29) is 10.8 Å². The zero-order valence-electron chi connectivity index (χ0n) is 12.9. The third-order valence-corrected chi connectivity index (χ3v) is 4.95. The average molecular weight is 363 g/mol. The molecule has 1 fully saturated rings. The first kappa shape index (κ1) is 18.7. The number of sulfonamides is 1. The number of carbonyl (C=O) groups is 1. The predicted octanol–water partition coefficient (Wildman–Crippen LogP) is 0.0313. The molecule has 0 saturated carbocycles. The zero-order chi connectivity index (χ0) is 17.8. The molecule has 0 spiro atoms. The van der Waals surface area contributed by atoms with Crippen molar-refractivity contribution in [2.75, 3.05) is 39.4 Å².